The van der Waals surface area contributed by atoms with E-state index in [9.17, 15) is 10.1 Å². The summed E-state index contributed by atoms with van der Waals surface area (Å²) in [5.74, 6) is -0.0499. The number of hydrogen-bond acceptors (Lipinski definition) is 5. The number of hydrogen-bond donors (Lipinski definition) is 0. The smallest absolute Gasteiger partial charge is 0.242 e. The predicted molar refractivity (Wildman–Crippen MR) is 99.3 cm³/mol. The molecule has 0 aliphatic carbocycles. The van der Waals surface area contributed by atoms with Crippen LogP contribution in [0.25, 0.3) is 0 Å². The van der Waals surface area contributed by atoms with Crippen molar-refractivity contribution in [3.05, 3.63) is 53.1 Å². The van der Waals surface area contributed by atoms with Crippen molar-refractivity contribution in [2.45, 2.75) is 26.4 Å². The minimum absolute atomic E-state index is 0.0371. The fourth-order valence-electron chi connectivity index (χ4n) is 3.35. The second-order valence-electron chi connectivity index (χ2n) is 6.73. The molecule has 1 aromatic carbocycles. The highest BCUT2D eigenvalue weighted by Crippen LogP contribution is 2.13. The van der Waals surface area contributed by atoms with Crippen LogP contribution in [0.4, 0.5) is 0 Å². The number of rotatable bonds is 4. The lowest BCUT2D eigenvalue weighted by atomic mass is 10.1. The normalized spacial score (nSPS) is 15.0. The molecule has 0 spiro atoms. The summed E-state index contributed by atoms with van der Waals surface area (Å²) >= 11 is 0. The molecule has 0 bridgehead atoms. The molecule has 27 heavy (non-hydrogen) atoms. The van der Waals surface area contributed by atoms with Gasteiger partial charge in [0.05, 0.1) is 6.33 Å². The number of carbonyl (C=O) groups excluding carboxylic acids is 1. The summed E-state index contributed by atoms with van der Waals surface area (Å²) in [6.45, 7) is 6.17. The molecule has 0 atom stereocenters. The molecule has 0 N–H and O–H groups in total. The zero-order valence-corrected chi connectivity index (χ0v) is 15.4. The number of nitriles is 2. The second kappa shape index (κ2) is 8.48. The van der Waals surface area contributed by atoms with Gasteiger partial charge >= 0.3 is 0 Å². The molecular formula is C20H22N6O. The maximum atomic E-state index is 12.7. The Morgan fingerprint density at radius 1 is 1.15 bits per heavy atom. The van der Waals surface area contributed by atoms with Crippen molar-refractivity contribution in [2.24, 2.45) is 0 Å². The molecule has 1 fully saturated rings. The molecule has 1 aromatic heterocycles. The van der Waals surface area contributed by atoms with E-state index in [1.165, 1.54) is 22.0 Å². The second-order valence-corrected chi connectivity index (χ2v) is 6.73. The number of imidazole rings is 1. The first kappa shape index (κ1) is 18.6. The third kappa shape index (κ3) is 4.33. The fourth-order valence-corrected chi connectivity index (χ4v) is 3.35. The van der Waals surface area contributed by atoms with E-state index >= 15 is 0 Å². The number of carbonyl (C=O) groups is 1. The van der Waals surface area contributed by atoms with Crippen molar-refractivity contribution >= 4 is 5.91 Å². The Hall–Kier alpha value is -3.16. The Kier molecular flexibility index (Phi) is 5.85. The van der Waals surface area contributed by atoms with Crippen LogP contribution in [0.15, 0.2) is 30.6 Å². The van der Waals surface area contributed by atoms with Crippen LogP contribution in [0, 0.1) is 29.6 Å². The highest BCUT2D eigenvalue weighted by molar-refractivity contribution is 5.76. The third-order valence-corrected chi connectivity index (χ3v) is 4.95. The van der Waals surface area contributed by atoms with Gasteiger partial charge in [-0.2, -0.15) is 10.5 Å². The van der Waals surface area contributed by atoms with Crippen LogP contribution < -0.4 is 0 Å². The Labute approximate surface area is 159 Å². The molecule has 138 valence electrons. The number of aryl methyl sites for hydroxylation is 1. The van der Waals surface area contributed by atoms with E-state index < -0.39 is 0 Å². The van der Waals surface area contributed by atoms with E-state index in [-0.39, 0.29) is 23.8 Å². The molecule has 7 heteroatoms. The summed E-state index contributed by atoms with van der Waals surface area (Å²) in [5.41, 5.74) is 2.80. The van der Waals surface area contributed by atoms with E-state index in [1.54, 1.807) is 0 Å². The zero-order chi connectivity index (χ0) is 19.2. The summed E-state index contributed by atoms with van der Waals surface area (Å²) in [6, 6.07) is 12.2. The van der Waals surface area contributed by atoms with Gasteiger partial charge in [0.25, 0.3) is 0 Å². The van der Waals surface area contributed by atoms with Crippen molar-refractivity contribution in [1.82, 2.24) is 19.4 Å². The van der Waals surface area contributed by atoms with E-state index in [0.29, 0.717) is 13.1 Å². The van der Waals surface area contributed by atoms with Crippen molar-refractivity contribution in [3.63, 3.8) is 0 Å². The SMILES string of the molecule is Cc1ccccc1CN1CCCN(C(=O)Cn2cnc(C#N)c2C#N)CC1. The highest BCUT2D eigenvalue weighted by Gasteiger charge is 2.21. The predicted octanol–water partition coefficient (Wildman–Crippen LogP) is 1.67. The van der Waals surface area contributed by atoms with Gasteiger partial charge in [0, 0.05) is 32.7 Å². The lowest BCUT2D eigenvalue weighted by Crippen LogP contribution is -2.37. The Morgan fingerprint density at radius 3 is 2.70 bits per heavy atom. The Balaban J connectivity index is 1.60. The van der Waals surface area contributed by atoms with E-state index in [4.69, 9.17) is 5.26 Å². The quantitative estimate of drug-likeness (QED) is 0.825. The molecule has 3 rings (SSSR count). The molecular weight excluding hydrogens is 340 g/mol. The molecule has 1 amide bonds. The molecule has 1 aliphatic rings. The topological polar surface area (TPSA) is 88.9 Å². The molecule has 7 nitrogen and oxygen atoms in total. The summed E-state index contributed by atoms with van der Waals surface area (Å²) in [6.07, 6.45) is 2.30. The number of benzene rings is 1. The summed E-state index contributed by atoms with van der Waals surface area (Å²) in [7, 11) is 0. The van der Waals surface area contributed by atoms with Crippen molar-refractivity contribution in [1.29, 1.82) is 10.5 Å². The third-order valence-electron chi connectivity index (χ3n) is 4.95. The van der Waals surface area contributed by atoms with Gasteiger partial charge in [-0.1, -0.05) is 24.3 Å². The van der Waals surface area contributed by atoms with Gasteiger partial charge in [-0.05, 0) is 24.5 Å². The van der Waals surface area contributed by atoms with Gasteiger partial charge in [-0.25, -0.2) is 4.98 Å². The van der Waals surface area contributed by atoms with Gasteiger partial charge in [-0.15, -0.1) is 0 Å². The maximum Gasteiger partial charge on any atom is 0.242 e. The van der Waals surface area contributed by atoms with Crippen LogP contribution in [0.1, 0.15) is 28.9 Å². The molecule has 1 aliphatic heterocycles. The lowest BCUT2D eigenvalue weighted by molar-refractivity contribution is -0.131. The van der Waals surface area contributed by atoms with Crippen LogP contribution in [0.5, 0.6) is 0 Å². The van der Waals surface area contributed by atoms with Gasteiger partial charge in [0.2, 0.25) is 5.91 Å². The minimum atomic E-state index is -0.0499. The van der Waals surface area contributed by atoms with Gasteiger partial charge in [0.1, 0.15) is 18.7 Å². The van der Waals surface area contributed by atoms with Crippen molar-refractivity contribution < 1.29 is 4.79 Å². The monoisotopic (exact) mass is 362 g/mol. The lowest BCUT2D eigenvalue weighted by Gasteiger charge is -2.23. The Morgan fingerprint density at radius 2 is 1.96 bits per heavy atom. The van der Waals surface area contributed by atoms with Crippen LogP contribution in [-0.4, -0.2) is 51.4 Å². The summed E-state index contributed by atoms with van der Waals surface area (Å²) in [4.78, 5) is 20.8. The number of nitrogens with zero attached hydrogens (tertiary/aromatic N) is 6. The van der Waals surface area contributed by atoms with Gasteiger partial charge < -0.3 is 9.47 Å². The summed E-state index contributed by atoms with van der Waals surface area (Å²) in [5, 5.41) is 18.2. The van der Waals surface area contributed by atoms with E-state index in [2.05, 4.69) is 35.0 Å². The highest BCUT2D eigenvalue weighted by atomic mass is 16.2. The van der Waals surface area contributed by atoms with Crippen LogP contribution >= 0.6 is 0 Å². The standard InChI is InChI=1S/C20H22N6O/c1-16-5-2-3-6-17(16)13-24-7-4-8-25(10-9-24)20(27)14-26-15-23-18(11-21)19(26)12-22/h2-3,5-6,15H,4,7-10,13-14H2,1H3. The molecule has 1 saturated heterocycles. The van der Waals surface area contributed by atoms with Crippen molar-refractivity contribution in [2.75, 3.05) is 26.2 Å². The molecule has 0 unspecified atom stereocenters. The average Bonchev–Trinajstić information content (AvgIpc) is 2.91. The van der Waals surface area contributed by atoms with E-state index in [1.807, 2.05) is 23.1 Å². The first-order chi connectivity index (χ1) is 13.1. The minimum Gasteiger partial charge on any atom is -0.340 e. The fraction of sp³-hybridized carbons (Fsp3) is 0.400. The summed E-state index contributed by atoms with van der Waals surface area (Å²) < 4.78 is 1.46. The first-order valence-corrected chi connectivity index (χ1v) is 9.02. The largest absolute Gasteiger partial charge is 0.340 e. The maximum absolute atomic E-state index is 12.7. The first-order valence-electron chi connectivity index (χ1n) is 9.02. The van der Waals surface area contributed by atoms with Crippen LogP contribution in [0.2, 0.25) is 0 Å². The average molecular weight is 362 g/mol. The zero-order valence-electron chi connectivity index (χ0n) is 15.4. The number of amides is 1. The van der Waals surface area contributed by atoms with Crippen LogP contribution in [-0.2, 0) is 17.9 Å². The number of aromatic nitrogens is 2. The van der Waals surface area contributed by atoms with E-state index in [0.717, 1.165) is 26.1 Å². The Bertz CT molecular complexity index is 904. The molecule has 2 aromatic rings. The molecule has 0 radical (unpaired) electrons. The van der Waals surface area contributed by atoms with Crippen molar-refractivity contribution in [3.8, 4) is 12.1 Å². The van der Waals surface area contributed by atoms with Crippen LogP contribution in [0.3, 0.4) is 0 Å². The molecule has 2 heterocycles. The van der Waals surface area contributed by atoms with Gasteiger partial charge in [0.15, 0.2) is 11.4 Å². The van der Waals surface area contributed by atoms with Gasteiger partial charge in [-0.3, -0.25) is 9.69 Å². The molecule has 0 saturated carbocycles.